The minimum absolute atomic E-state index is 0.0298. The van der Waals surface area contributed by atoms with Crippen LogP contribution in [0.5, 0.6) is 0 Å². The van der Waals surface area contributed by atoms with E-state index in [4.69, 9.17) is 0 Å². The van der Waals surface area contributed by atoms with Crippen molar-refractivity contribution in [1.29, 1.82) is 0 Å². The summed E-state index contributed by atoms with van der Waals surface area (Å²) in [6, 6.07) is 12.0. The van der Waals surface area contributed by atoms with Gasteiger partial charge in [-0.1, -0.05) is 35.5 Å². The van der Waals surface area contributed by atoms with Crippen molar-refractivity contribution in [1.82, 2.24) is 4.98 Å². The smallest absolute Gasteiger partial charge is 0.106 e. The molecule has 2 rings (SSSR count). The lowest BCUT2D eigenvalue weighted by atomic mass is 10.2. The molecule has 0 radical (unpaired) electrons. The number of benzene rings is 1. The molecule has 0 atom stereocenters. The second-order valence-electron chi connectivity index (χ2n) is 3.54. The summed E-state index contributed by atoms with van der Waals surface area (Å²) in [6.07, 6.45) is 1.75. The van der Waals surface area contributed by atoms with Crippen LogP contribution in [0.15, 0.2) is 52.5 Å². The Balaban J connectivity index is 2.23. The number of nitrogens with zero attached hydrogens (tertiary/aromatic N) is 1. The van der Waals surface area contributed by atoms with Crippen molar-refractivity contribution in [3.63, 3.8) is 0 Å². The molecule has 16 heavy (non-hydrogen) atoms. The van der Waals surface area contributed by atoms with Gasteiger partial charge < -0.3 is 5.11 Å². The molecule has 0 fully saturated rings. The maximum absolute atomic E-state index is 9.19. The van der Waals surface area contributed by atoms with Crippen molar-refractivity contribution in [3.8, 4) is 0 Å². The minimum Gasteiger partial charge on any atom is -0.392 e. The van der Waals surface area contributed by atoms with Gasteiger partial charge in [0.2, 0.25) is 0 Å². The monoisotopic (exact) mass is 231 g/mol. The van der Waals surface area contributed by atoms with Gasteiger partial charge in [0.05, 0.1) is 6.61 Å². The van der Waals surface area contributed by atoms with Crippen molar-refractivity contribution in [2.45, 2.75) is 23.5 Å². The summed E-state index contributed by atoms with van der Waals surface area (Å²) >= 11 is 1.58. The molecule has 0 saturated heterocycles. The van der Waals surface area contributed by atoms with E-state index in [1.54, 1.807) is 18.0 Å². The third-order valence-corrected chi connectivity index (χ3v) is 3.32. The molecule has 1 heterocycles. The molecular weight excluding hydrogens is 218 g/mol. The molecule has 1 aromatic heterocycles. The van der Waals surface area contributed by atoms with Crippen molar-refractivity contribution >= 4 is 11.8 Å². The van der Waals surface area contributed by atoms with Crippen molar-refractivity contribution in [3.05, 3.63) is 53.7 Å². The number of pyridine rings is 1. The summed E-state index contributed by atoms with van der Waals surface area (Å²) in [7, 11) is 0. The van der Waals surface area contributed by atoms with Crippen LogP contribution in [0.25, 0.3) is 0 Å². The van der Waals surface area contributed by atoms with E-state index < -0.39 is 0 Å². The van der Waals surface area contributed by atoms with E-state index >= 15 is 0 Å². The summed E-state index contributed by atoms with van der Waals surface area (Å²) in [4.78, 5) is 5.41. The Morgan fingerprint density at radius 2 is 1.94 bits per heavy atom. The number of hydrogen-bond donors (Lipinski definition) is 1. The Morgan fingerprint density at radius 1 is 1.19 bits per heavy atom. The van der Waals surface area contributed by atoms with Gasteiger partial charge in [0.1, 0.15) is 5.03 Å². The molecule has 2 aromatic rings. The molecule has 2 nitrogen and oxygen atoms in total. The molecular formula is C13H13NOS. The van der Waals surface area contributed by atoms with E-state index in [9.17, 15) is 5.11 Å². The fourth-order valence-corrected chi connectivity index (χ4v) is 2.23. The molecule has 0 amide bonds. The lowest BCUT2D eigenvalue weighted by Gasteiger charge is -2.05. The summed E-state index contributed by atoms with van der Waals surface area (Å²) in [5.41, 5.74) is 2.11. The van der Waals surface area contributed by atoms with E-state index in [-0.39, 0.29) is 6.61 Å². The van der Waals surface area contributed by atoms with E-state index in [0.717, 1.165) is 15.5 Å². The van der Waals surface area contributed by atoms with Gasteiger partial charge in [-0.05, 0) is 25.1 Å². The first-order chi connectivity index (χ1) is 7.79. The summed E-state index contributed by atoms with van der Waals surface area (Å²) in [5.74, 6) is 0. The molecule has 0 aliphatic carbocycles. The number of hydrogen-bond acceptors (Lipinski definition) is 3. The Morgan fingerprint density at radius 3 is 2.62 bits per heavy atom. The highest BCUT2D eigenvalue weighted by Gasteiger charge is 2.03. The average molecular weight is 231 g/mol. The van der Waals surface area contributed by atoms with E-state index in [2.05, 4.69) is 36.2 Å². The standard InChI is InChI=1S/C13H13NOS/c1-10-4-6-12(7-5-10)16-13-11(9-15)3-2-8-14-13/h2-8,15H,9H2,1H3. The van der Waals surface area contributed by atoms with E-state index in [1.807, 2.05) is 12.1 Å². The average Bonchev–Trinajstić information content (AvgIpc) is 2.33. The molecule has 0 aliphatic rings. The molecule has 1 N–H and O–H groups in total. The van der Waals surface area contributed by atoms with Crippen molar-refractivity contribution in [2.24, 2.45) is 0 Å². The number of aromatic nitrogens is 1. The Hall–Kier alpha value is -1.32. The molecule has 0 saturated carbocycles. The van der Waals surface area contributed by atoms with E-state index in [0.29, 0.717) is 0 Å². The highest BCUT2D eigenvalue weighted by molar-refractivity contribution is 7.99. The van der Waals surface area contributed by atoms with Gasteiger partial charge in [-0.3, -0.25) is 0 Å². The maximum atomic E-state index is 9.19. The second kappa shape index (κ2) is 5.14. The van der Waals surface area contributed by atoms with Gasteiger partial charge in [-0.15, -0.1) is 0 Å². The molecule has 82 valence electrons. The fourth-order valence-electron chi connectivity index (χ4n) is 1.35. The molecule has 0 aliphatic heterocycles. The van der Waals surface area contributed by atoms with Gasteiger partial charge in [0.25, 0.3) is 0 Å². The van der Waals surface area contributed by atoms with Crippen molar-refractivity contribution < 1.29 is 5.11 Å². The van der Waals surface area contributed by atoms with Gasteiger partial charge in [-0.25, -0.2) is 4.98 Å². The molecule has 0 unspecified atom stereocenters. The van der Waals surface area contributed by atoms with Gasteiger partial charge in [0.15, 0.2) is 0 Å². The van der Waals surface area contributed by atoms with Crippen LogP contribution >= 0.6 is 11.8 Å². The van der Waals surface area contributed by atoms with Gasteiger partial charge in [0, 0.05) is 16.7 Å². The number of aryl methyl sites for hydroxylation is 1. The molecule has 0 bridgehead atoms. The largest absolute Gasteiger partial charge is 0.392 e. The topological polar surface area (TPSA) is 33.1 Å². The number of aliphatic hydroxyl groups excluding tert-OH is 1. The number of aliphatic hydroxyl groups is 1. The minimum atomic E-state index is 0.0298. The fraction of sp³-hybridized carbons (Fsp3) is 0.154. The van der Waals surface area contributed by atoms with Gasteiger partial charge >= 0.3 is 0 Å². The lowest BCUT2D eigenvalue weighted by molar-refractivity contribution is 0.278. The molecule has 1 aromatic carbocycles. The first-order valence-electron chi connectivity index (χ1n) is 5.09. The second-order valence-corrected chi connectivity index (χ2v) is 4.60. The van der Waals surface area contributed by atoms with E-state index in [1.165, 1.54) is 5.56 Å². The summed E-state index contributed by atoms with van der Waals surface area (Å²) in [5, 5.41) is 10.1. The zero-order valence-corrected chi connectivity index (χ0v) is 9.87. The van der Waals surface area contributed by atoms with Crippen LogP contribution in [0.1, 0.15) is 11.1 Å². The van der Waals surface area contributed by atoms with Crippen LogP contribution in [0.3, 0.4) is 0 Å². The van der Waals surface area contributed by atoms with Crippen LogP contribution < -0.4 is 0 Å². The summed E-state index contributed by atoms with van der Waals surface area (Å²) < 4.78 is 0. The van der Waals surface area contributed by atoms with Crippen LogP contribution in [-0.2, 0) is 6.61 Å². The third-order valence-electron chi connectivity index (χ3n) is 2.26. The maximum Gasteiger partial charge on any atom is 0.106 e. The van der Waals surface area contributed by atoms with Crippen LogP contribution in [0, 0.1) is 6.92 Å². The van der Waals surface area contributed by atoms with Crippen molar-refractivity contribution in [2.75, 3.05) is 0 Å². The first-order valence-corrected chi connectivity index (χ1v) is 5.90. The zero-order valence-electron chi connectivity index (χ0n) is 9.05. The van der Waals surface area contributed by atoms with Gasteiger partial charge in [-0.2, -0.15) is 0 Å². The highest BCUT2D eigenvalue weighted by Crippen LogP contribution is 2.28. The zero-order chi connectivity index (χ0) is 11.4. The molecule has 3 heteroatoms. The van der Waals surface area contributed by atoms with Crippen LogP contribution in [0.2, 0.25) is 0 Å². The SMILES string of the molecule is Cc1ccc(Sc2ncccc2CO)cc1. The van der Waals surface area contributed by atoms with Crippen LogP contribution in [-0.4, -0.2) is 10.1 Å². The predicted molar refractivity (Wildman–Crippen MR) is 65.5 cm³/mol. The first kappa shape index (κ1) is 11.2. The lowest BCUT2D eigenvalue weighted by Crippen LogP contribution is -1.90. The quantitative estimate of drug-likeness (QED) is 0.881. The Labute approximate surface area is 99.4 Å². The Kier molecular flexibility index (Phi) is 3.59. The predicted octanol–water partition coefficient (Wildman–Crippen LogP) is 3.03. The molecule has 0 spiro atoms. The summed E-state index contributed by atoms with van der Waals surface area (Å²) in [6.45, 7) is 2.09. The highest BCUT2D eigenvalue weighted by atomic mass is 32.2. The normalized spacial score (nSPS) is 10.4. The Bertz CT molecular complexity index is 468. The number of rotatable bonds is 3. The third kappa shape index (κ3) is 2.62. The van der Waals surface area contributed by atoms with Crippen LogP contribution in [0.4, 0.5) is 0 Å².